The maximum atomic E-state index is 14.0. The quantitative estimate of drug-likeness (QED) is 0.633. The van der Waals surface area contributed by atoms with E-state index in [0.29, 0.717) is 31.7 Å². The number of hydrogen-bond acceptors (Lipinski definition) is 4. The van der Waals surface area contributed by atoms with E-state index >= 15 is 0 Å². The Balaban J connectivity index is 2.14. The van der Waals surface area contributed by atoms with Crippen LogP contribution < -0.4 is 4.90 Å². The predicted molar refractivity (Wildman–Crippen MR) is 76.7 cm³/mol. The number of piperazine rings is 1. The molecule has 21 heavy (non-hydrogen) atoms. The molecule has 0 N–H and O–H groups in total. The van der Waals surface area contributed by atoms with Crippen LogP contribution in [0.4, 0.5) is 15.8 Å². The molecule has 1 aromatic carbocycles. The minimum Gasteiger partial charge on any atom is -0.365 e. The lowest BCUT2D eigenvalue weighted by molar-refractivity contribution is -0.385. The second kappa shape index (κ2) is 6.07. The average Bonchev–Trinajstić information content (AvgIpc) is 2.46. The fourth-order valence-electron chi connectivity index (χ4n) is 2.62. The Morgan fingerprint density at radius 1 is 1.48 bits per heavy atom. The van der Waals surface area contributed by atoms with Gasteiger partial charge in [0.2, 0.25) is 5.91 Å². The summed E-state index contributed by atoms with van der Waals surface area (Å²) in [5, 5.41) is 10.6. The number of amides is 1. The minimum atomic E-state index is -0.618. The first-order valence-electron chi connectivity index (χ1n) is 6.92. The van der Waals surface area contributed by atoms with Crippen molar-refractivity contribution in [2.45, 2.75) is 26.3 Å². The molecule has 1 aromatic rings. The molecule has 6 nitrogen and oxygen atoms in total. The number of carbonyl (C=O) groups excluding carboxylic acids is 1. The molecule has 1 amide bonds. The van der Waals surface area contributed by atoms with Crippen LogP contribution in [0.25, 0.3) is 0 Å². The Hall–Kier alpha value is -2.18. The number of benzene rings is 1. The molecule has 0 aliphatic carbocycles. The van der Waals surface area contributed by atoms with Crippen molar-refractivity contribution in [2.75, 3.05) is 24.5 Å². The number of rotatable bonds is 3. The fourth-order valence-corrected chi connectivity index (χ4v) is 2.62. The molecule has 1 aliphatic heterocycles. The van der Waals surface area contributed by atoms with E-state index in [-0.39, 0.29) is 17.6 Å². The highest BCUT2D eigenvalue weighted by atomic mass is 19.1. The normalized spacial score (nSPS) is 18.7. The SMILES string of the molecule is CCC(=O)N1CCN(c2ccc([N+](=O)[O-])cc2F)C[C@@H]1C. The molecule has 1 fully saturated rings. The van der Waals surface area contributed by atoms with Gasteiger partial charge in [-0.25, -0.2) is 4.39 Å². The maximum absolute atomic E-state index is 14.0. The van der Waals surface area contributed by atoms with Crippen LogP contribution in [-0.4, -0.2) is 41.4 Å². The Kier molecular flexibility index (Phi) is 4.40. The molecule has 0 aromatic heterocycles. The lowest BCUT2D eigenvalue weighted by Crippen LogP contribution is -2.54. The number of nitro groups is 1. The first-order chi connectivity index (χ1) is 9.93. The third-order valence-electron chi connectivity index (χ3n) is 3.73. The Morgan fingerprint density at radius 2 is 2.19 bits per heavy atom. The Morgan fingerprint density at radius 3 is 2.71 bits per heavy atom. The van der Waals surface area contributed by atoms with E-state index in [4.69, 9.17) is 0 Å². The second-order valence-electron chi connectivity index (χ2n) is 5.13. The summed E-state index contributed by atoms with van der Waals surface area (Å²) in [6.07, 6.45) is 0.455. The van der Waals surface area contributed by atoms with Crippen LogP contribution in [0.1, 0.15) is 20.3 Å². The van der Waals surface area contributed by atoms with E-state index in [0.717, 1.165) is 6.07 Å². The van der Waals surface area contributed by atoms with Crippen molar-refractivity contribution in [3.8, 4) is 0 Å². The van der Waals surface area contributed by atoms with Gasteiger partial charge in [-0.2, -0.15) is 0 Å². The van der Waals surface area contributed by atoms with Crippen LogP contribution in [0.15, 0.2) is 18.2 Å². The van der Waals surface area contributed by atoms with E-state index in [1.165, 1.54) is 12.1 Å². The summed E-state index contributed by atoms with van der Waals surface area (Å²) < 4.78 is 14.0. The van der Waals surface area contributed by atoms with E-state index < -0.39 is 10.7 Å². The largest absolute Gasteiger partial charge is 0.365 e. The molecule has 0 saturated carbocycles. The first-order valence-corrected chi connectivity index (χ1v) is 6.92. The fraction of sp³-hybridized carbons (Fsp3) is 0.500. The summed E-state index contributed by atoms with van der Waals surface area (Å²) in [6.45, 7) is 5.30. The maximum Gasteiger partial charge on any atom is 0.272 e. The molecule has 0 unspecified atom stereocenters. The van der Waals surface area contributed by atoms with Gasteiger partial charge in [0, 0.05) is 38.2 Å². The zero-order chi connectivity index (χ0) is 15.6. The first kappa shape index (κ1) is 15.2. The molecule has 1 atom stereocenters. The molecule has 1 heterocycles. The zero-order valence-corrected chi connectivity index (χ0v) is 12.1. The number of nitrogens with zero attached hydrogens (tertiary/aromatic N) is 3. The molecular weight excluding hydrogens is 277 g/mol. The van der Waals surface area contributed by atoms with E-state index in [1.54, 1.807) is 4.90 Å². The number of anilines is 1. The van der Waals surface area contributed by atoms with Crippen LogP contribution in [0.2, 0.25) is 0 Å². The smallest absolute Gasteiger partial charge is 0.272 e. The molecule has 0 bridgehead atoms. The number of non-ortho nitro benzene ring substituents is 1. The monoisotopic (exact) mass is 295 g/mol. The third-order valence-corrected chi connectivity index (χ3v) is 3.73. The van der Waals surface area contributed by atoms with Crippen molar-refractivity contribution < 1.29 is 14.1 Å². The molecule has 0 spiro atoms. The van der Waals surface area contributed by atoms with Crippen molar-refractivity contribution in [3.63, 3.8) is 0 Å². The molecule has 0 radical (unpaired) electrons. The second-order valence-corrected chi connectivity index (χ2v) is 5.13. The number of halogens is 1. The van der Waals surface area contributed by atoms with Crippen LogP contribution in [0.5, 0.6) is 0 Å². The van der Waals surface area contributed by atoms with Crippen molar-refractivity contribution in [3.05, 3.63) is 34.1 Å². The van der Waals surface area contributed by atoms with E-state index in [2.05, 4.69) is 0 Å². The van der Waals surface area contributed by atoms with Crippen molar-refractivity contribution in [1.82, 2.24) is 4.90 Å². The van der Waals surface area contributed by atoms with E-state index in [1.807, 2.05) is 18.7 Å². The molecule has 2 rings (SSSR count). The number of hydrogen-bond donors (Lipinski definition) is 0. The molecular formula is C14H18FN3O3. The lowest BCUT2D eigenvalue weighted by atomic mass is 10.1. The van der Waals surface area contributed by atoms with Gasteiger partial charge in [-0.05, 0) is 13.0 Å². The topological polar surface area (TPSA) is 66.7 Å². The number of carbonyl (C=O) groups is 1. The molecule has 114 valence electrons. The number of nitro benzene ring substituents is 1. The van der Waals surface area contributed by atoms with Gasteiger partial charge in [-0.3, -0.25) is 14.9 Å². The highest BCUT2D eigenvalue weighted by molar-refractivity contribution is 5.76. The van der Waals surface area contributed by atoms with Crippen molar-refractivity contribution in [2.24, 2.45) is 0 Å². The lowest BCUT2D eigenvalue weighted by Gasteiger charge is -2.41. The van der Waals surface area contributed by atoms with Gasteiger partial charge in [0.15, 0.2) is 5.82 Å². The summed E-state index contributed by atoms with van der Waals surface area (Å²) in [5.74, 6) is -0.516. The van der Waals surface area contributed by atoms with Crippen molar-refractivity contribution in [1.29, 1.82) is 0 Å². The van der Waals surface area contributed by atoms with Crippen LogP contribution in [-0.2, 0) is 4.79 Å². The average molecular weight is 295 g/mol. The third kappa shape index (κ3) is 3.12. The van der Waals surface area contributed by atoms with Gasteiger partial charge >= 0.3 is 0 Å². The zero-order valence-electron chi connectivity index (χ0n) is 12.1. The Labute approximate surface area is 122 Å². The highest BCUT2D eigenvalue weighted by Gasteiger charge is 2.28. The van der Waals surface area contributed by atoms with Gasteiger partial charge in [0.05, 0.1) is 16.7 Å². The van der Waals surface area contributed by atoms with Gasteiger partial charge in [-0.1, -0.05) is 6.92 Å². The minimum absolute atomic E-state index is 0.0132. The summed E-state index contributed by atoms with van der Waals surface area (Å²) in [4.78, 5) is 25.4. The molecule has 7 heteroatoms. The summed E-state index contributed by atoms with van der Waals surface area (Å²) in [7, 11) is 0. The van der Waals surface area contributed by atoms with Crippen LogP contribution in [0.3, 0.4) is 0 Å². The van der Waals surface area contributed by atoms with Gasteiger partial charge in [-0.15, -0.1) is 0 Å². The Bertz CT molecular complexity index is 564. The molecule has 1 saturated heterocycles. The van der Waals surface area contributed by atoms with E-state index in [9.17, 15) is 19.3 Å². The van der Waals surface area contributed by atoms with Gasteiger partial charge in [0.1, 0.15) is 0 Å². The standard InChI is InChI=1S/C14H18FN3O3/c1-3-14(19)17-7-6-16(9-10(17)2)13-5-4-11(18(20)21)8-12(13)15/h4-5,8,10H,3,6-7,9H2,1-2H3/t10-/m0/s1. The predicted octanol–water partition coefficient (Wildman–Crippen LogP) is 2.18. The highest BCUT2D eigenvalue weighted by Crippen LogP contribution is 2.26. The van der Waals surface area contributed by atoms with Gasteiger partial charge in [0.25, 0.3) is 5.69 Å². The van der Waals surface area contributed by atoms with Crippen LogP contribution in [0, 0.1) is 15.9 Å². The summed E-state index contributed by atoms with van der Waals surface area (Å²) in [6, 6.07) is 3.65. The van der Waals surface area contributed by atoms with Crippen molar-refractivity contribution >= 4 is 17.3 Å². The summed E-state index contributed by atoms with van der Waals surface area (Å²) >= 11 is 0. The van der Waals surface area contributed by atoms with Gasteiger partial charge < -0.3 is 9.80 Å². The summed E-state index contributed by atoms with van der Waals surface area (Å²) in [5.41, 5.74) is 0.0835. The van der Waals surface area contributed by atoms with Crippen LogP contribution >= 0.6 is 0 Å². The molecule has 1 aliphatic rings.